The molecule has 7 nitrogen and oxygen atoms in total. The van der Waals surface area contributed by atoms with E-state index in [2.05, 4.69) is 15.5 Å². The molecule has 1 aromatic heterocycles. The second kappa shape index (κ2) is 9.27. The highest BCUT2D eigenvalue weighted by Gasteiger charge is 2.33. The van der Waals surface area contributed by atoms with Crippen molar-refractivity contribution in [3.8, 4) is 0 Å². The fourth-order valence-corrected chi connectivity index (χ4v) is 6.62. The third-order valence-electron chi connectivity index (χ3n) is 5.40. The Balaban J connectivity index is 1.49. The number of rotatable bonds is 5. The molecule has 0 unspecified atom stereocenters. The molecule has 1 atom stereocenters. The molecule has 4 rings (SSSR count). The van der Waals surface area contributed by atoms with Crippen LogP contribution >= 0.6 is 22.9 Å². The first-order chi connectivity index (χ1) is 15.2. The summed E-state index contributed by atoms with van der Waals surface area (Å²) >= 11 is 7.16. The number of carbonyl (C=O) groups excluding carboxylic acids is 1. The third kappa shape index (κ3) is 4.85. The molecule has 0 aliphatic carbocycles. The Morgan fingerprint density at radius 3 is 2.75 bits per heavy atom. The SMILES string of the molecule is Cc1ccc(S(=O)(=O)N2CCC[C@H](c3nnc(C(=O)Nc4cccc(Cl)c4)s3)C2)c(C)c1. The van der Waals surface area contributed by atoms with Gasteiger partial charge in [-0.05, 0) is 56.5 Å². The van der Waals surface area contributed by atoms with Gasteiger partial charge in [0, 0.05) is 29.7 Å². The zero-order valence-corrected chi connectivity index (χ0v) is 20.1. The number of aryl methyl sites for hydroxylation is 2. The maximum atomic E-state index is 13.3. The van der Waals surface area contributed by atoms with Crippen LogP contribution in [0.5, 0.6) is 0 Å². The van der Waals surface area contributed by atoms with Gasteiger partial charge in [0.15, 0.2) is 0 Å². The van der Waals surface area contributed by atoms with Gasteiger partial charge in [-0.2, -0.15) is 4.31 Å². The summed E-state index contributed by atoms with van der Waals surface area (Å²) in [6.45, 7) is 4.54. The van der Waals surface area contributed by atoms with Crippen LogP contribution in [0.1, 0.15) is 44.7 Å². The highest BCUT2D eigenvalue weighted by Crippen LogP contribution is 2.33. The number of halogens is 1. The van der Waals surface area contributed by atoms with Crippen LogP contribution in [0, 0.1) is 13.8 Å². The molecular formula is C22H23ClN4O3S2. The fourth-order valence-electron chi connectivity index (χ4n) is 3.83. The molecule has 0 radical (unpaired) electrons. The molecule has 32 heavy (non-hydrogen) atoms. The van der Waals surface area contributed by atoms with Gasteiger partial charge in [-0.1, -0.05) is 46.7 Å². The van der Waals surface area contributed by atoms with Crippen LogP contribution < -0.4 is 5.32 Å². The maximum Gasteiger partial charge on any atom is 0.286 e. The van der Waals surface area contributed by atoms with Crippen LogP contribution in [0.3, 0.4) is 0 Å². The molecule has 2 aromatic carbocycles. The standard InChI is InChI=1S/C22H23ClN4O3S2/c1-14-8-9-19(15(2)11-14)32(29,30)27-10-4-5-16(13-27)21-25-26-22(31-21)20(28)24-18-7-3-6-17(23)12-18/h3,6-9,11-12,16H,4-5,10,13H2,1-2H3,(H,24,28)/t16-/m0/s1. The lowest BCUT2D eigenvalue weighted by atomic mass is 10.0. The largest absolute Gasteiger partial charge is 0.320 e. The van der Waals surface area contributed by atoms with Crippen molar-refractivity contribution in [1.29, 1.82) is 0 Å². The minimum Gasteiger partial charge on any atom is -0.320 e. The van der Waals surface area contributed by atoms with Crippen molar-refractivity contribution in [3.05, 3.63) is 68.6 Å². The van der Waals surface area contributed by atoms with E-state index >= 15 is 0 Å². The van der Waals surface area contributed by atoms with Crippen molar-refractivity contribution in [3.63, 3.8) is 0 Å². The first-order valence-corrected chi connectivity index (χ1v) is 12.9. The summed E-state index contributed by atoms with van der Waals surface area (Å²) in [5.41, 5.74) is 2.33. The first kappa shape index (κ1) is 22.8. The topological polar surface area (TPSA) is 92.3 Å². The van der Waals surface area contributed by atoms with Crippen molar-refractivity contribution < 1.29 is 13.2 Å². The van der Waals surface area contributed by atoms with Crippen molar-refractivity contribution in [1.82, 2.24) is 14.5 Å². The van der Waals surface area contributed by atoms with E-state index < -0.39 is 10.0 Å². The molecule has 0 saturated carbocycles. The Kier molecular flexibility index (Phi) is 6.62. The van der Waals surface area contributed by atoms with E-state index in [9.17, 15) is 13.2 Å². The van der Waals surface area contributed by atoms with Gasteiger partial charge in [-0.3, -0.25) is 4.79 Å². The number of nitrogens with zero attached hydrogens (tertiary/aromatic N) is 3. The number of hydrogen-bond donors (Lipinski definition) is 1. The van der Waals surface area contributed by atoms with Crippen LogP contribution in [0.15, 0.2) is 47.4 Å². The minimum atomic E-state index is -3.61. The van der Waals surface area contributed by atoms with Crippen LogP contribution in [-0.4, -0.2) is 41.9 Å². The molecule has 168 valence electrons. The molecule has 0 spiro atoms. The highest BCUT2D eigenvalue weighted by atomic mass is 35.5. The second-order valence-corrected chi connectivity index (χ2v) is 11.2. The smallest absolute Gasteiger partial charge is 0.286 e. The minimum absolute atomic E-state index is 0.102. The zero-order chi connectivity index (χ0) is 22.9. The molecule has 1 aliphatic rings. The number of aromatic nitrogens is 2. The van der Waals surface area contributed by atoms with Crippen LogP contribution in [0.2, 0.25) is 5.02 Å². The molecule has 1 fully saturated rings. The van der Waals surface area contributed by atoms with E-state index in [0.29, 0.717) is 33.7 Å². The molecule has 1 saturated heterocycles. The Morgan fingerprint density at radius 1 is 1.19 bits per heavy atom. The van der Waals surface area contributed by atoms with Gasteiger partial charge in [-0.25, -0.2) is 8.42 Å². The maximum absolute atomic E-state index is 13.3. The van der Waals surface area contributed by atoms with Gasteiger partial charge in [0.25, 0.3) is 5.91 Å². The number of sulfonamides is 1. The molecule has 10 heteroatoms. The fraction of sp³-hybridized carbons (Fsp3) is 0.318. The van der Waals surface area contributed by atoms with E-state index in [-0.39, 0.29) is 16.8 Å². The third-order valence-corrected chi connectivity index (χ3v) is 8.74. The second-order valence-electron chi connectivity index (χ2n) is 7.88. The predicted molar refractivity (Wildman–Crippen MR) is 126 cm³/mol. The Bertz CT molecular complexity index is 1260. The summed E-state index contributed by atoms with van der Waals surface area (Å²) in [6, 6.07) is 12.2. The summed E-state index contributed by atoms with van der Waals surface area (Å²) in [4.78, 5) is 12.9. The molecule has 3 aromatic rings. The monoisotopic (exact) mass is 490 g/mol. The number of hydrogen-bond acceptors (Lipinski definition) is 6. The quantitative estimate of drug-likeness (QED) is 0.563. The van der Waals surface area contributed by atoms with Gasteiger partial charge in [0.05, 0.1) is 4.90 Å². The lowest BCUT2D eigenvalue weighted by Gasteiger charge is -2.31. The molecule has 2 heterocycles. The summed E-state index contributed by atoms with van der Waals surface area (Å²) in [5.74, 6) is -0.471. The number of carbonyl (C=O) groups is 1. The van der Waals surface area contributed by atoms with Crippen LogP contribution in [0.4, 0.5) is 5.69 Å². The van der Waals surface area contributed by atoms with Crippen molar-refractivity contribution >= 4 is 44.6 Å². The van der Waals surface area contributed by atoms with Crippen molar-refractivity contribution in [2.24, 2.45) is 0 Å². The molecule has 0 bridgehead atoms. The normalized spacial score (nSPS) is 17.3. The number of anilines is 1. The van der Waals surface area contributed by atoms with Crippen molar-refractivity contribution in [2.45, 2.75) is 37.5 Å². The molecular weight excluding hydrogens is 468 g/mol. The highest BCUT2D eigenvalue weighted by molar-refractivity contribution is 7.89. The average molecular weight is 491 g/mol. The first-order valence-electron chi connectivity index (χ1n) is 10.2. The number of amides is 1. The number of benzene rings is 2. The lowest BCUT2D eigenvalue weighted by Crippen LogP contribution is -2.39. The van der Waals surface area contributed by atoms with Gasteiger partial charge >= 0.3 is 0 Å². The Hall–Kier alpha value is -2.33. The van der Waals surface area contributed by atoms with Gasteiger partial charge in [-0.15, -0.1) is 10.2 Å². The summed E-state index contributed by atoms with van der Waals surface area (Å²) in [6.07, 6.45) is 1.52. The number of nitrogens with one attached hydrogen (secondary N) is 1. The van der Waals surface area contributed by atoms with E-state index in [1.807, 2.05) is 26.0 Å². The Labute approximate surface area is 196 Å². The predicted octanol–water partition coefficient (Wildman–Crippen LogP) is 4.63. The van der Waals surface area contributed by atoms with Crippen LogP contribution in [-0.2, 0) is 10.0 Å². The van der Waals surface area contributed by atoms with E-state index in [1.165, 1.54) is 15.6 Å². The number of piperidine rings is 1. The summed E-state index contributed by atoms with van der Waals surface area (Å²) < 4.78 is 28.0. The van der Waals surface area contributed by atoms with Gasteiger partial charge < -0.3 is 5.32 Å². The lowest BCUT2D eigenvalue weighted by molar-refractivity contribution is 0.102. The van der Waals surface area contributed by atoms with E-state index in [1.54, 1.807) is 30.3 Å². The zero-order valence-electron chi connectivity index (χ0n) is 17.7. The van der Waals surface area contributed by atoms with Crippen molar-refractivity contribution in [2.75, 3.05) is 18.4 Å². The van der Waals surface area contributed by atoms with Crippen LogP contribution in [0.25, 0.3) is 0 Å². The summed E-state index contributed by atoms with van der Waals surface area (Å²) in [5, 5.41) is 12.4. The summed E-state index contributed by atoms with van der Waals surface area (Å²) in [7, 11) is -3.61. The molecule has 1 amide bonds. The molecule has 1 N–H and O–H groups in total. The average Bonchev–Trinajstić information content (AvgIpc) is 3.24. The molecule has 1 aliphatic heterocycles. The van der Waals surface area contributed by atoms with Gasteiger partial charge in [0.2, 0.25) is 15.0 Å². The van der Waals surface area contributed by atoms with Gasteiger partial charge in [0.1, 0.15) is 5.01 Å². The van der Waals surface area contributed by atoms with E-state index in [4.69, 9.17) is 11.6 Å². The Morgan fingerprint density at radius 2 is 2.00 bits per heavy atom. The van der Waals surface area contributed by atoms with E-state index in [0.717, 1.165) is 24.0 Å².